The summed E-state index contributed by atoms with van der Waals surface area (Å²) in [6.07, 6.45) is 0. The lowest BCUT2D eigenvalue weighted by Gasteiger charge is -2.20. The molecule has 0 aliphatic carbocycles. The Morgan fingerprint density at radius 2 is 2.00 bits per heavy atom. The zero-order valence-electron chi connectivity index (χ0n) is 13.4. The van der Waals surface area contributed by atoms with Gasteiger partial charge in [-0.15, -0.1) is 0 Å². The fourth-order valence-electron chi connectivity index (χ4n) is 2.53. The second kappa shape index (κ2) is 7.68. The van der Waals surface area contributed by atoms with Crippen LogP contribution in [0.3, 0.4) is 0 Å². The highest BCUT2D eigenvalue weighted by atomic mass is 79.9. The second-order valence-corrected chi connectivity index (χ2v) is 6.37. The second-order valence-electron chi connectivity index (χ2n) is 5.52. The molecule has 2 aromatic rings. The maximum atomic E-state index is 12.3. The molecule has 0 spiro atoms. The molecular formula is C18H19BrN2O3. The number of carbonyl (C=O) groups is 1. The van der Waals surface area contributed by atoms with Crippen LogP contribution in [-0.2, 0) is 11.3 Å². The molecule has 1 aliphatic rings. The van der Waals surface area contributed by atoms with Crippen LogP contribution in [0.25, 0.3) is 0 Å². The predicted octanol–water partition coefficient (Wildman–Crippen LogP) is 3.64. The van der Waals surface area contributed by atoms with E-state index in [-0.39, 0.29) is 12.7 Å². The third-order valence-electron chi connectivity index (χ3n) is 3.81. The van der Waals surface area contributed by atoms with E-state index in [1.165, 1.54) is 0 Å². The Morgan fingerprint density at radius 3 is 2.79 bits per heavy atom. The van der Waals surface area contributed by atoms with Crippen LogP contribution < -0.4 is 14.8 Å². The maximum absolute atomic E-state index is 12.3. The molecule has 24 heavy (non-hydrogen) atoms. The standard InChI is InChI=1S/C18H19BrN2O3/c1-2-21(10-13-7-8-16-17(9-13)24-12-23-16)11-18(22)20-15-6-4-3-5-14(15)19/h3-9H,2,10-12H2,1H3,(H,20,22). The molecule has 0 fully saturated rings. The Hall–Kier alpha value is -2.05. The van der Waals surface area contributed by atoms with Gasteiger partial charge in [0.25, 0.3) is 0 Å². The summed E-state index contributed by atoms with van der Waals surface area (Å²) >= 11 is 3.44. The van der Waals surface area contributed by atoms with Crippen molar-refractivity contribution >= 4 is 27.5 Å². The lowest BCUT2D eigenvalue weighted by atomic mass is 10.2. The average molecular weight is 391 g/mol. The Labute approximate surface area is 149 Å². The van der Waals surface area contributed by atoms with Crippen molar-refractivity contribution in [1.29, 1.82) is 0 Å². The molecule has 3 rings (SSSR count). The number of hydrogen-bond donors (Lipinski definition) is 1. The fourth-order valence-corrected chi connectivity index (χ4v) is 2.92. The Bertz CT molecular complexity index is 736. The topological polar surface area (TPSA) is 50.8 Å². The maximum Gasteiger partial charge on any atom is 0.238 e. The van der Waals surface area contributed by atoms with Gasteiger partial charge in [0.2, 0.25) is 12.7 Å². The van der Waals surface area contributed by atoms with Crippen molar-refractivity contribution in [3.8, 4) is 11.5 Å². The van der Waals surface area contributed by atoms with Crippen LogP contribution in [0.1, 0.15) is 12.5 Å². The van der Waals surface area contributed by atoms with Gasteiger partial charge in [-0.2, -0.15) is 0 Å². The van der Waals surface area contributed by atoms with Gasteiger partial charge in [-0.05, 0) is 52.3 Å². The van der Waals surface area contributed by atoms with E-state index in [2.05, 4.69) is 26.1 Å². The molecule has 5 nitrogen and oxygen atoms in total. The Balaban J connectivity index is 1.60. The summed E-state index contributed by atoms with van der Waals surface area (Å²) in [4.78, 5) is 14.4. The lowest BCUT2D eigenvalue weighted by molar-refractivity contribution is -0.117. The van der Waals surface area contributed by atoms with Gasteiger partial charge < -0.3 is 14.8 Å². The van der Waals surface area contributed by atoms with E-state index in [1.807, 2.05) is 49.4 Å². The van der Waals surface area contributed by atoms with Gasteiger partial charge in [0, 0.05) is 11.0 Å². The number of hydrogen-bond acceptors (Lipinski definition) is 4. The van der Waals surface area contributed by atoms with Gasteiger partial charge in [0.05, 0.1) is 12.2 Å². The van der Waals surface area contributed by atoms with E-state index in [0.29, 0.717) is 13.1 Å². The van der Waals surface area contributed by atoms with Crippen LogP contribution in [0.15, 0.2) is 46.9 Å². The molecule has 126 valence electrons. The molecule has 6 heteroatoms. The summed E-state index contributed by atoms with van der Waals surface area (Å²) in [5.41, 5.74) is 1.87. The number of likely N-dealkylation sites (N-methyl/N-ethyl adjacent to an activating group) is 1. The monoisotopic (exact) mass is 390 g/mol. The summed E-state index contributed by atoms with van der Waals surface area (Å²) in [6.45, 7) is 4.09. The van der Waals surface area contributed by atoms with Gasteiger partial charge in [-0.25, -0.2) is 0 Å². The molecule has 1 amide bonds. The van der Waals surface area contributed by atoms with E-state index < -0.39 is 0 Å². The summed E-state index contributed by atoms with van der Waals surface area (Å²) in [5, 5.41) is 2.93. The Morgan fingerprint density at radius 1 is 1.21 bits per heavy atom. The summed E-state index contributed by atoms with van der Waals surface area (Å²) in [7, 11) is 0. The summed E-state index contributed by atoms with van der Waals surface area (Å²) in [6, 6.07) is 13.5. The minimum Gasteiger partial charge on any atom is -0.454 e. The molecule has 2 aromatic carbocycles. The van der Waals surface area contributed by atoms with Gasteiger partial charge in [-0.1, -0.05) is 25.1 Å². The van der Waals surface area contributed by atoms with Crippen LogP contribution in [0, 0.1) is 0 Å². The number of fused-ring (bicyclic) bond motifs is 1. The summed E-state index contributed by atoms with van der Waals surface area (Å²) in [5.74, 6) is 1.50. The number of anilines is 1. The van der Waals surface area contributed by atoms with Crippen LogP contribution in [0.4, 0.5) is 5.69 Å². The van der Waals surface area contributed by atoms with E-state index in [9.17, 15) is 4.79 Å². The first-order valence-electron chi connectivity index (χ1n) is 7.81. The van der Waals surface area contributed by atoms with Crippen molar-refractivity contribution in [1.82, 2.24) is 4.90 Å². The molecular weight excluding hydrogens is 372 g/mol. The van der Waals surface area contributed by atoms with Crippen molar-refractivity contribution in [2.24, 2.45) is 0 Å². The SMILES string of the molecule is CCN(CC(=O)Nc1ccccc1Br)Cc1ccc2c(c1)OCO2. The van der Waals surface area contributed by atoms with Gasteiger partial charge in [0.1, 0.15) is 0 Å². The van der Waals surface area contributed by atoms with E-state index in [0.717, 1.165) is 33.8 Å². The highest BCUT2D eigenvalue weighted by molar-refractivity contribution is 9.10. The number of ether oxygens (including phenoxy) is 2. The quantitative estimate of drug-likeness (QED) is 0.817. The zero-order chi connectivity index (χ0) is 16.9. The first-order valence-corrected chi connectivity index (χ1v) is 8.60. The van der Waals surface area contributed by atoms with Crippen LogP contribution in [-0.4, -0.2) is 30.7 Å². The van der Waals surface area contributed by atoms with E-state index >= 15 is 0 Å². The molecule has 1 heterocycles. The summed E-state index contributed by atoms with van der Waals surface area (Å²) < 4.78 is 11.6. The highest BCUT2D eigenvalue weighted by Crippen LogP contribution is 2.32. The first kappa shape index (κ1) is 16.8. The minimum atomic E-state index is -0.0375. The molecule has 0 radical (unpaired) electrons. The van der Waals surface area contributed by atoms with Crippen molar-refractivity contribution in [3.05, 3.63) is 52.5 Å². The van der Waals surface area contributed by atoms with E-state index in [1.54, 1.807) is 0 Å². The largest absolute Gasteiger partial charge is 0.454 e. The smallest absolute Gasteiger partial charge is 0.238 e. The predicted molar refractivity (Wildman–Crippen MR) is 96.3 cm³/mol. The van der Waals surface area contributed by atoms with Crippen molar-refractivity contribution in [2.45, 2.75) is 13.5 Å². The van der Waals surface area contributed by atoms with Crippen LogP contribution in [0.5, 0.6) is 11.5 Å². The highest BCUT2D eigenvalue weighted by Gasteiger charge is 2.15. The molecule has 0 aromatic heterocycles. The van der Waals surface area contributed by atoms with Gasteiger partial charge >= 0.3 is 0 Å². The number of rotatable bonds is 6. The van der Waals surface area contributed by atoms with Crippen molar-refractivity contribution < 1.29 is 14.3 Å². The normalized spacial score (nSPS) is 12.5. The van der Waals surface area contributed by atoms with Gasteiger partial charge in [-0.3, -0.25) is 9.69 Å². The Kier molecular flexibility index (Phi) is 5.37. The molecule has 1 N–H and O–H groups in total. The third-order valence-corrected chi connectivity index (χ3v) is 4.50. The molecule has 0 saturated heterocycles. The number of para-hydroxylation sites is 1. The number of carbonyl (C=O) groups excluding carboxylic acids is 1. The fraction of sp³-hybridized carbons (Fsp3) is 0.278. The van der Waals surface area contributed by atoms with E-state index in [4.69, 9.17) is 9.47 Å². The van der Waals surface area contributed by atoms with Crippen molar-refractivity contribution in [2.75, 3.05) is 25.2 Å². The number of nitrogens with one attached hydrogen (secondary N) is 1. The molecule has 0 atom stereocenters. The number of benzene rings is 2. The number of nitrogens with zero attached hydrogens (tertiary/aromatic N) is 1. The number of amides is 1. The molecule has 1 aliphatic heterocycles. The van der Waals surface area contributed by atoms with Crippen LogP contribution in [0.2, 0.25) is 0 Å². The molecule has 0 unspecified atom stereocenters. The third kappa shape index (κ3) is 4.07. The first-order chi connectivity index (χ1) is 11.7. The molecule has 0 bridgehead atoms. The number of halogens is 1. The zero-order valence-corrected chi connectivity index (χ0v) is 15.0. The van der Waals surface area contributed by atoms with Gasteiger partial charge in [0.15, 0.2) is 11.5 Å². The van der Waals surface area contributed by atoms with Crippen LogP contribution >= 0.6 is 15.9 Å². The molecule has 0 saturated carbocycles. The average Bonchev–Trinajstić information content (AvgIpc) is 3.04. The minimum absolute atomic E-state index is 0.0375. The van der Waals surface area contributed by atoms with Crippen molar-refractivity contribution in [3.63, 3.8) is 0 Å². The lowest BCUT2D eigenvalue weighted by Crippen LogP contribution is -2.32.